The van der Waals surface area contributed by atoms with E-state index < -0.39 is 0 Å². The highest BCUT2D eigenvalue weighted by Crippen LogP contribution is 2.44. The Morgan fingerprint density at radius 1 is 1.00 bits per heavy atom. The lowest BCUT2D eigenvalue weighted by Gasteiger charge is -2.18. The van der Waals surface area contributed by atoms with Gasteiger partial charge in [0.05, 0.1) is 23.5 Å². The molecule has 0 N–H and O–H groups in total. The Kier molecular flexibility index (Phi) is 5.68. The number of hydrogen-bond acceptors (Lipinski definition) is 2. The predicted octanol–water partition coefficient (Wildman–Crippen LogP) is 5.85. The van der Waals surface area contributed by atoms with E-state index in [4.69, 9.17) is 9.47 Å². The first-order chi connectivity index (χ1) is 9.99. The summed E-state index contributed by atoms with van der Waals surface area (Å²) in [6.45, 7) is 0. The Labute approximate surface area is 148 Å². The molecular weight excluding hydrogens is 471 g/mol. The summed E-state index contributed by atoms with van der Waals surface area (Å²) in [4.78, 5) is -0.370. The van der Waals surface area contributed by atoms with E-state index in [1.165, 1.54) is 6.07 Å². The number of hydrogen-bond donors (Lipinski definition) is 0. The first kappa shape index (κ1) is 16.8. The van der Waals surface area contributed by atoms with Crippen LogP contribution in [-0.4, -0.2) is 14.2 Å². The van der Waals surface area contributed by atoms with E-state index in [9.17, 15) is 4.39 Å². The molecule has 1 unspecified atom stereocenters. The van der Waals surface area contributed by atoms with E-state index in [1.807, 2.05) is 6.07 Å². The van der Waals surface area contributed by atoms with Gasteiger partial charge in [0.15, 0.2) is 0 Å². The van der Waals surface area contributed by atoms with Gasteiger partial charge in [-0.3, -0.25) is 0 Å². The SMILES string of the molecule is COc1cc(C(Br)c2c(F)cccc2Br)c(OC)cc1Br. The third kappa shape index (κ3) is 3.43. The van der Waals surface area contributed by atoms with E-state index in [2.05, 4.69) is 47.8 Å². The normalized spacial score (nSPS) is 12.1. The monoisotopic (exact) mass is 480 g/mol. The average Bonchev–Trinajstić information content (AvgIpc) is 2.46. The summed E-state index contributed by atoms with van der Waals surface area (Å²) in [6.07, 6.45) is 0. The van der Waals surface area contributed by atoms with Crippen LogP contribution in [-0.2, 0) is 0 Å². The minimum absolute atomic E-state index is 0.296. The maximum absolute atomic E-state index is 14.1. The fourth-order valence-electron chi connectivity index (χ4n) is 1.99. The van der Waals surface area contributed by atoms with Crippen molar-refractivity contribution in [3.8, 4) is 11.5 Å². The Bertz CT molecular complexity index is 641. The van der Waals surface area contributed by atoms with Gasteiger partial charge in [0.25, 0.3) is 0 Å². The van der Waals surface area contributed by atoms with Gasteiger partial charge in [0.1, 0.15) is 17.3 Å². The van der Waals surface area contributed by atoms with Crippen LogP contribution in [0.15, 0.2) is 39.3 Å². The van der Waals surface area contributed by atoms with Crippen molar-refractivity contribution in [2.75, 3.05) is 14.2 Å². The second-order valence-corrected chi connectivity index (χ2v) is 6.85. The van der Waals surface area contributed by atoms with Crippen molar-refractivity contribution in [3.63, 3.8) is 0 Å². The molecule has 0 fully saturated rings. The summed E-state index contributed by atoms with van der Waals surface area (Å²) in [5.41, 5.74) is 1.29. The molecule has 0 spiro atoms. The molecule has 0 heterocycles. The van der Waals surface area contributed by atoms with Crippen LogP contribution in [0.5, 0.6) is 11.5 Å². The van der Waals surface area contributed by atoms with Gasteiger partial charge in [-0.15, -0.1) is 0 Å². The van der Waals surface area contributed by atoms with Crippen molar-refractivity contribution in [2.24, 2.45) is 0 Å². The minimum atomic E-state index is -0.370. The lowest BCUT2D eigenvalue weighted by Crippen LogP contribution is -2.02. The summed E-state index contributed by atoms with van der Waals surface area (Å²) in [5, 5.41) is 0. The highest BCUT2D eigenvalue weighted by atomic mass is 79.9. The largest absolute Gasteiger partial charge is 0.496 e. The van der Waals surface area contributed by atoms with Crippen LogP contribution >= 0.6 is 47.8 Å². The van der Waals surface area contributed by atoms with Crippen molar-refractivity contribution in [1.29, 1.82) is 0 Å². The van der Waals surface area contributed by atoms with Crippen molar-refractivity contribution in [3.05, 3.63) is 56.2 Å². The molecule has 0 saturated heterocycles. The van der Waals surface area contributed by atoms with Crippen LogP contribution in [0.25, 0.3) is 0 Å². The third-order valence-corrected chi connectivity index (χ3v) is 5.29. The molecule has 1 atom stereocenters. The second-order valence-electron chi connectivity index (χ2n) is 4.23. The Morgan fingerprint density at radius 3 is 2.24 bits per heavy atom. The lowest BCUT2D eigenvalue weighted by molar-refractivity contribution is 0.397. The lowest BCUT2D eigenvalue weighted by atomic mass is 10.0. The minimum Gasteiger partial charge on any atom is -0.496 e. The molecule has 21 heavy (non-hydrogen) atoms. The first-order valence-corrected chi connectivity index (χ1v) is 8.49. The van der Waals surface area contributed by atoms with Crippen LogP contribution < -0.4 is 9.47 Å². The zero-order valence-electron chi connectivity index (χ0n) is 11.3. The van der Waals surface area contributed by atoms with Crippen molar-refractivity contribution in [2.45, 2.75) is 4.83 Å². The van der Waals surface area contributed by atoms with E-state index in [0.29, 0.717) is 21.5 Å². The van der Waals surface area contributed by atoms with Crippen molar-refractivity contribution < 1.29 is 13.9 Å². The molecule has 2 aromatic rings. The molecule has 0 bridgehead atoms. The van der Waals surface area contributed by atoms with E-state index in [1.54, 1.807) is 32.4 Å². The number of benzene rings is 2. The summed E-state index contributed by atoms with van der Waals surface area (Å²) >= 11 is 10.4. The smallest absolute Gasteiger partial charge is 0.133 e. The quantitative estimate of drug-likeness (QED) is 0.509. The summed E-state index contributed by atoms with van der Waals surface area (Å²) in [7, 11) is 3.16. The highest BCUT2D eigenvalue weighted by molar-refractivity contribution is 9.11. The van der Waals surface area contributed by atoms with Gasteiger partial charge in [-0.25, -0.2) is 4.39 Å². The zero-order valence-corrected chi connectivity index (χ0v) is 16.1. The fraction of sp³-hybridized carbons (Fsp3) is 0.200. The molecule has 0 amide bonds. The summed E-state index contributed by atoms with van der Waals surface area (Å²) < 4.78 is 26.3. The van der Waals surface area contributed by atoms with Gasteiger partial charge in [-0.05, 0) is 40.2 Å². The van der Waals surface area contributed by atoms with E-state index >= 15 is 0 Å². The van der Waals surface area contributed by atoms with Crippen molar-refractivity contribution in [1.82, 2.24) is 0 Å². The van der Waals surface area contributed by atoms with Gasteiger partial charge < -0.3 is 9.47 Å². The van der Waals surface area contributed by atoms with Gasteiger partial charge in [-0.2, -0.15) is 0 Å². The summed E-state index contributed by atoms with van der Waals surface area (Å²) in [5.74, 6) is 0.998. The molecule has 2 nitrogen and oxygen atoms in total. The van der Waals surface area contributed by atoms with Gasteiger partial charge in [0.2, 0.25) is 0 Å². The molecule has 2 rings (SSSR count). The highest BCUT2D eigenvalue weighted by Gasteiger charge is 2.23. The Morgan fingerprint density at radius 2 is 1.67 bits per heavy atom. The third-order valence-electron chi connectivity index (χ3n) is 3.03. The topological polar surface area (TPSA) is 18.5 Å². The molecule has 0 radical (unpaired) electrons. The number of alkyl halides is 1. The van der Waals surface area contributed by atoms with E-state index in [0.717, 1.165) is 10.0 Å². The number of ether oxygens (including phenoxy) is 2. The Hall–Kier alpha value is -0.590. The summed E-state index contributed by atoms with van der Waals surface area (Å²) in [6, 6.07) is 8.51. The first-order valence-electron chi connectivity index (χ1n) is 5.99. The molecule has 112 valence electrons. The van der Waals surface area contributed by atoms with Gasteiger partial charge in [0, 0.05) is 15.6 Å². The molecule has 2 aromatic carbocycles. The van der Waals surface area contributed by atoms with E-state index in [-0.39, 0.29) is 10.6 Å². The fourth-order valence-corrected chi connectivity index (χ4v) is 4.18. The molecule has 0 aliphatic heterocycles. The number of halogens is 4. The zero-order chi connectivity index (χ0) is 15.6. The Balaban J connectivity index is 2.59. The number of methoxy groups -OCH3 is 2. The molecule has 0 aliphatic carbocycles. The van der Waals surface area contributed by atoms with Gasteiger partial charge >= 0.3 is 0 Å². The molecule has 0 saturated carbocycles. The van der Waals surface area contributed by atoms with Crippen LogP contribution in [0.2, 0.25) is 0 Å². The molecule has 0 aromatic heterocycles. The second kappa shape index (κ2) is 7.11. The van der Waals surface area contributed by atoms with Gasteiger partial charge in [-0.1, -0.05) is 37.9 Å². The van der Waals surface area contributed by atoms with Crippen LogP contribution in [0.3, 0.4) is 0 Å². The van der Waals surface area contributed by atoms with Crippen LogP contribution in [0, 0.1) is 5.82 Å². The molecule has 0 aliphatic rings. The predicted molar refractivity (Wildman–Crippen MR) is 92.1 cm³/mol. The molecular formula is C15H12Br3FO2. The average molecular weight is 483 g/mol. The number of rotatable bonds is 4. The van der Waals surface area contributed by atoms with Crippen LogP contribution in [0.1, 0.15) is 16.0 Å². The maximum Gasteiger partial charge on any atom is 0.133 e. The van der Waals surface area contributed by atoms with Crippen molar-refractivity contribution >= 4 is 47.8 Å². The molecule has 6 heteroatoms. The standard InChI is InChI=1S/C15H12Br3FO2/c1-20-12-7-10(17)13(21-2)6-8(12)15(18)14-9(16)4-3-5-11(14)19/h3-7,15H,1-2H3. The maximum atomic E-state index is 14.1. The van der Waals surface area contributed by atoms with Crippen LogP contribution in [0.4, 0.5) is 4.39 Å².